The summed E-state index contributed by atoms with van der Waals surface area (Å²) < 4.78 is 5.73. The highest BCUT2D eigenvalue weighted by molar-refractivity contribution is 8.93. The average Bonchev–Trinajstić information content (AvgIpc) is 2.40. The van der Waals surface area contributed by atoms with Crippen LogP contribution in [0.4, 0.5) is 0 Å². The largest absolute Gasteiger partial charge is 0.456 e. The second-order valence-corrected chi connectivity index (χ2v) is 3.84. The summed E-state index contributed by atoms with van der Waals surface area (Å²) >= 11 is 0. The maximum absolute atomic E-state index is 11.9. The Bertz CT molecular complexity index is 720. The molecule has 0 aliphatic carbocycles. The van der Waals surface area contributed by atoms with Crippen molar-refractivity contribution in [3.8, 4) is 11.3 Å². The molecule has 0 saturated heterocycles. The number of fused-ring (bicyclic) bond motifs is 1. The Morgan fingerprint density at radius 2 is 1.47 bits per heavy atom. The predicted molar refractivity (Wildman–Crippen MR) is 81.9 cm³/mol. The first-order valence-electron chi connectivity index (χ1n) is 5.43. The van der Waals surface area contributed by atoms with Crippen LogP contribution < -0.4 is 5.43 Å². The van der Waals surface area contributed by atoms with Gasteiger partial charge in [0.05, 0.1) is 5.39 Å². The molecule has 0 aliphatic heterocycles. The van der Waals surface area contributed by atoms with Gasteiger partial charge >= 0.3 is 0 Å². The molecule has 0 spiro atoms. The fraction of sp³-hybridized carbons (Fsp3) is 0. The Morgan fingerprint density at radius 3 is 2.21 bits per heavy atom. The molecule has 4 heteroatoms. The SMILES string of the molecule is Br.O.O=c1cc(-c2ccccc2)oc2ccccc12. The zero-order chi connectivity index (χ0) is 11.7. The molecular formula is C15H13BrO3. The van der Waals surface area contributed by atoms with Crippen LogP contribution in [0.25, 0.3) is 22.3 Å². The third-order valence-electron chi connectivity index (χ3n) is 2.69. The summed E-state index contributed by atoms with van der Waals surface area (Å²) in [5.74, 6) is 0.606. The van der Waals surface area contributed by atoms with Crippen molar-refractivity contribution in [2.45, 2.75) is 0 Å². The van der Waals surface area contributed by atoms with E-state index in [2.05, 4.69) is 0 Å². The summed E-state index contributed by atoms with van der Waals surface area (Å²) in [6.07, 6.45) is 0. The second kappa shape index (κ2) is 6.31. The van der Waals surface area contributed by atoms with E-state index in [4.69, 9.17) is 4.42 Å². The fourth-order valence-corrected chi connectivity index (χ4v) is 1.85. The molecule has 98 valence electrons. The third-order valence-corrected chi connectivity index (χ3v) is 2.69. The molecule has 19 heavy (non-hydrogen) atoms. The number of halogens is 1. The normalized spacial score (nSPS) is 9.47. The number of rotatable bonds is 1. The van der Waals surface area contributed by atoms with E-state index >= 15 is 0 Å². The Labute approximate surface area is 120 Å². The predicted octanol–water partition coefficient (Wildman–Crippen LogP) is 3.21. The summed E-state index contributed by atoms with van der Waals surface area (Å²) in [5.41, 5.74) is 1.53. The molecule has 2 aromatic carbocycles. The first-order valence-corrected chi connectivity index (χ1v) is 5.43. The zero-order valence-electron chi connectivity index (χ0n) is 10.00. The van der Waals surface area contributed by atoms with Gasteiger partial charge in [-0.3, -0.25) is 4.79 Å². The number of benzene rings is 2. The molecule has 0 aliphatic rings. The van der Waals surface area contributed by atoms with Crippen molar-refractivity contribution in [3.63, 3.8) is 0 Å². The van der Waals surface area contributed by atoms with Crippen molar-refractivity contribution in [2.75, 3.05) is 0 Å². The highest BCUT2D eigenvalue weighted by atomic mass is 79.9. The number of hydrogen-bond acceptors (Lipinski definition) is 2. The number of hydrogen-bond donors (Lipinski definition) is 0. The molecule has 1 heterocycles. The van der Waals surface area contributed by atoms with E-state index in [1.54, 1.807) is 6.07 Å². The average molecular weight is 321 g/mol. The van der Waals surface area contributed by atoms with Crippen LogP contribution in [0.15, 0.2) is 69.9 Å². The minimum absolute atomic E-state index is 0. The van der Waals surface area contributed by atoms with Crippen LogP contribution in [0.3, 0.4) is 0 Å². The molecule has 0 bridgehead atoms. The molecule has 0 radical (unpaired) electrons. The van der Waals surface area contributed by atoms with Crippen molar-refractivity contribution in [3.05, 3.63) is 70.9 Å². The Hall–Kier alpha value is -1.91. The van der Waals surface area contributed by atoms with Gasteiger partial charge in [-0.15, -0.1) is 17.0 Å². The molecule has 3 aromatic rings. The van der Waals surface area contributed by atoms with E-state index in [1.165, 1.54) is 6.07 Å². The van der Waals surface area contributed by atoms with Gasteiger partial charge in [0.1, 0.15) is 11.3 Å². The maximum atomic E-state index is 11.9. The van der Waals surface area contributed by atoms with Crippen LogP contribution in [0, 0.1) is 0 Å². The quantitative estimate of drug-likeness (QED) is 0.691. The fourth-order valence-electron chi connectivity index (χ4n) is 1.85. The summed E-state index contributed by atoms with van der Waals surface area (Å²) in [5, 5.41) is 0.618. The van der Waals surface area contributed by atoms with E-state index in [0.29, 0.717) is 16.7 Å². The minimum atomic E-state index is -0.00861. The lowest BCUT2D eigenvalue weighted by Gasteiger charge is -2.02. The molecule has 3 nitrogen and oxygen atoms in total. The van der Waals surface area contributed by atoms with Crippen LogP contribution in [0.5, 0.6) is 0 Å². The van der Waals surface area contributed by atoms with E-state index in [1.807, 2.05) is 48.5 Å². The standard InChI is InChI=1S/C15H10O2.BrH.H2O/c16-13-10-15(11-6-2-1-3-7-11)17-14-9-5-4-8-12(13)14;;/h1-10H;1H;1H2. The summed E-state index contributed by atoms with van der Waals surface area (Å²) in [4.78, 5) is 11.9. The molecule has 1 aromatic heterocycles. The van der Waals surface area contributed by atoms with E-state index in [9.17, 15) is 4.79 Å². The topological polar surface area (TPSA) is 61.7 Å². The summed E-state index contributed by atoms with van der Waals surface area (Å²) in [7, 11) is 0. The summed E-state index contributed by atoms with van der Waals surface area (Å²) in [6.45, 7) is 0. The van der Waals surface area contributed by atoms with Crippen LogP contribution in [0.1, 0.15) is 0 Å². The van der Waals surface area contributed by atoms with Gasteiger partial charge in [-0.25, -0.2) is 0 Å². The Morgan fingerprint density at radius 1 is 0.842 bits per heavy atom. The molecule has 0 atom stereocenters. The smallest absolute Gasteiger partial charge is 0.193 e. The van der Waals surface area contributed by atoms with Gasteiger partial charge in [0, 0.05) is 11.6 Å². The Kier molecular flexibility index (Phi) is 5.03. The summed E-state index contributed by atoms with van der Waals surface area (Å²) in [6, 6.07) is 18.4. The molecule has 0 fully saturated rings. The van der Waals surface area contributed by atoms with Crippen LogP contribution in [-0.2, 0) is 0 Å². The van der Waals surface area contributed by atoms with Crippen molar-refractivity contribution >= 4 is 28.0 Å². The maximum Gasteiger partial charge on any atom is 0.193 e. The van der Waals surface area contributed by atoms with E-state index in [0.717, 1.165) is 5.56 Å². The Balaban J connectivity index is 0.000000902. The lowest BCUT2D eigenvalue weighted by atomic mass is 10.1. The van der Waals surface area contributed by atoms with Gasteiger partial charge in [-0.2, -0.15) is 0 Å². The molecule has 2 N–H and O–H groups in total. The first-order chi connectivity index (χ1) is 8.34. The molecule has 0 amide bonds. The van der Waals surface area contributed by atoms with Crippen molar-refractivity contribution in [1.82, 2.24) is 0 Å². The van der Waals surface area contributed by atoms with E-state index < -0.39 is 0 Å². The monoisotopic (exact) mass is 320 g/mol. The van der Waals surface area contributed by atoms with Gasteiger partial charge in [0.25, 0.3) is 0 Å². The van der Waals surface area contributed by atoms with Crippen LogP contribution >= 0.6 is 17.0 Å². The third kappa shape index (κ3) is 2.92. The minimum Gasteiger partial charge on any atom is -0.456 e. The lowest BCUT2D eigenvalue weighted by Crippen LogP contribution is -1.99. The number of para-hydroxylation sites is 1. The van der Waals surface area contributed by atoms with Crippen molar-refractivity contribution in [1.29, 1.82) is 0 Å². The second-order valence-electron chi connectivity index (χ2n) is 3.84. The molecular weight excluding hydrogens is 308 g/mol. The van der Waals surface area contributed by atoms with Gasteiger partial charge < -0.3 is 9.89 Å². The highest BCUT2D eigenvalue weighted by Gasteiger charge is 2.05. The van der Waals surface area contributed by atoms with E-state index in [-0.39, 0.29) is 27.9 Å². The van der Waals surface area contributed by atoms with Crippen molar-refractivity contribution < 1.29 is 9.89 Å². The first kappa shape index (κ1) is 15.1. The molecule has 3 rings (SSSR count). The van der Waals surface area contributed by atoms with Gasteiger partial charge in [0.15, 0.2) is 5.43 Å². The lowest BCUT2D eigenvalue weighted by molar-refractivity contribution is 0.619. The van der Waals surface area contributed by atoms with Crippen molar-refractivity contribution in [2.24, 2.45) is 0 Å². The van der Waals surface area contributed by atoms with Gasteiger partial charge in [-0.1, -0.05) is 42.5 Å². The van der Waals surface area contributed by atoms with Gasteiger partial charge in [0.2, 0.25) is 0 Å². The molecule has 0 unspecified atom stereocenters. The van der Waals surface area contributed by atoms with Gasteiger partial charge in [-0.05, 0) is 12.1 Å². The highest BCUT2D eigenvalue weighted by Crippen LogP contribution is 2.21. The molecule has 0 saturated carbocycles. The zero-order valence-corrected chi connectivity index (χ0v) is 11.7. The van der Waals surface area contributed by atoms with Crippen LogP contribution in [0.2, 0.25) is 0 Å². The van der Waals surface area contributed by atoms with Crippen LogP contribution in [-0.4, -0.2) is 5.48 Å².